The average Bonchev–Trinajstić information content (AvgIpc) is 2.89. The van der Waals surface area contributed by atoms with Crippen LogP contribution in [0.15, 0.2) is 91.0 Å². The summed E-state index contributed by atoms with van der Waals surface area (Å²) in [6.45, 7) is 4.90. The number of anilines is 1. The van der Waals surface area contributed by atoms with E-state index in [9.17, 15) is 4.79 Å². The standard InChI is InChI=1S/C28H26N4O/c1-21-7-5-6-10-25(21)26-15-16-27(30-29-26)31-17-19-32(20-18-31)28(33)24-13-11-23(12-14-24)22-8-3-2-4-9-22/h2-16H,17-20H2,1H3. The molecule has 1 aliphatic rings. The van der Waals surface area contributed by atoms with E-state index in [1.165, 1.54) is 5.56 Å². The number of carbonyl (C=O) groups is 1. The van der Waals surface area contributed by atoms with Crippen molar-refractivity contribution in [3.05, 3.63) is 102 Å². The summed E-state index contributed by atoms with van der Waals surface area (Å²) in [7, 11) is 0. The highest BCUT2D eigenvalue weighted by atomic mass is 16.2. The fourth-order valence-corrected chi connectivity index (χ4v) is 4.25. The van der Waals surface area contributed by atoms with Crippen molar-refractivity contribution < 1.29 is 4.79 Å². The molecule has 2 heterocycles. The van der Waals surface area contributed by atoms with E-state index in [2.05, 4.69) is 46.3 Å². The molecule has 0 radical (unpaired) electrons. The molecule has 5 heteroatoms. The van der Waals surface area contributed by atoms with Crippen LogP contribution in [0, 0.1) is 6.92 Å². The van der Waals surface area contributed by atoms with Gasteiger partial charge >= 0.3 is 0 Å². The minimum atomic E-state index is 0.0789. The molecule has 1 amide bonds. The predicted molar refractivity (Wildman–Crippen MR) is 132 cm³/mol. The maximum absolute atomic E-state index is 13.0. The minimum absolute atomic E-state index is 0.0789. The maximum atomic E-state index is 13.0. The molecule has 1 aliphatic heterocycles. The molecule has 1 fully saturated rings. The Balaban J connectivity index is 1.21. The highest BCUT2D eigenvalue weighted by Gasteiger charge is 2.23. The van der Waals surface area contributed by atoms with Gasteiger partial charge in [-0.25, -0.2) is 0 Å². The summed E-state index contributed by atoms with van der Waals surface area (Å²) < 4.78 is 0. The van der Waals surface area contributed by atoms with Crippen LogP contribution in [0.5, 0.6) is 0 Å². The number of aromatic nitrogens is 2. The summed E-state index contributed by atoms with van der Waals surface area (Å²) in [4.78, 5) is 17.1. The minimum Gasteiger partial charge on any atom is -0.352 e. The molecule has 1 aromatic heterocycles. The molecule has 164 valence electrons. The summed E-state index contributed by atoms with van der Waals surface area (Å²) in [5, 5.41) is 8.91. The third-order valence-corrected chi connectivity index (χ3v) is 6.20. The number of carbonyl (C=O) groups excluding carboxylic acids is 1. The van der Waals surface area contributed by atoms with Crippen LogP contribution in [-0.2, 0) is 0 Å². The van der Waals surface area contributed by atoms with E-state index in [4.69, 9.17) is 0 Å². The second-order valence-corrected chi connectivity index (χ2v) is 8.31. The molecule has 0 bridgehead atoms. The molecular formula is C28H26N4O. The molecule has 1 saturated heterocycles. The van der Waals surface area contributed by atoms with E-state index in [1.807, 2.05) is 71.6 Å². The SMILES string of the molecule is Cc1ccccc1-c1ccc(N2CCN(C(=O)c3ccc(-c4ccccc4)cc3)CC2)nn1. The Morgan fingerprint density at radius 1 is 0.697 bits per heavy atom. The lowest BCUT2D eigenvalue weighted by atomic mass is 10.0. The smallest absolute Gasteiger partial charge is 0.253 e. The zero-order valence-corrected chi connectivity index (χ0v) is 18.7. The first-order valence-electron chi connectivity index (χ1n) is 11.3. The van der Waals surface area contributed by atoms with Gasteiger partial charge in [0.25, 0.3) is 5.91 Å². The topological polar surface area (TPSA) is 49.3 Å². The second kappa shape index (κ2) is 9.25. The van der Waals surface area contributed by atoms with Gasteiger partial charge in [0, 0.05) is 37.3 Å². The van der Waals surface area contributed by atoms with Crippen LogP contribution in [0.1, 0.15) is 15.9 Å². The molecular weight excluding hydrogens is 408 g/mol. The predicted octanol–water partition coefficient (Wildman–Crippen LogP) is 5.08. The van der Waals surface area contributed by atoms with Gasteiger partial charge in [-0.3, -0.25) is 4.79 Å². The third-order valence-electron chi connectivity index (χ3n) is 6.20. The van der Waals surface area contributed by atoms with E-state index in [-0.39, 0.29) is 5.91 Å². The van der Waals surface area contributed by atoms with E-state index in [0.29, 0.717) is 13.1 Å². The molecule has 5 rings (SSSR count). The normalized spacial score (nSPS) is 13.7. The summed E-state index contributed by atoms with van der Waals surface area (Å²) in [6.07, 6.45) is 0. The van der Waals surface area contributed by atoms with Crippen LogP contribution < -0.4 is 4.90 Å². The quantitative estimate of drug-likeness (QED) is 0.449. The lowest BCUT2D eigenvalue weighted by molar-refractivity contribution is 0.0746. The van der Waals surface area contributed by atoms with Crippen molar-refractivity contribution in [1.29, 1.82) is 0 Å². The number of aryl methyl sites for hydroxylation is 1. The van der Waals surface area contributed by atoms with E-state index in [1.54, 1.807) is 0 Å². The molecule has 0 unspecified atom stereocenters. The number of rotatable bonds is 4. The first-order chi connectivity index (χ1) is 16.2. The number of benzene rings is 3. The van der Waals surface area contributed by atoms with Gasteiger partial charge < -0.3 is 9.80 Å². The Labute approximate surface area is 194 Å². The van der Waals surface area contributed by atoms with Crippen LogP contribution in [0.25, 0.3) is 22.4 Å². The number of hydrogen-bond donors (Lipinski definition) is 0. The zero-order valence-electron chi connectivity index (χ0n) is 18.7. The summed E-state index contributed by atoms with van der Waals surface area (Å²) in [6, 6.07) is 30.3. The zero-order chi connectivity index (χ0) is 22.6. The van der Waals surface area contributed by atoms with E-state index < -0.39 is 0 Å². The van der Waals surface area contributed by atoms with Crippen LogP contribution >= 0.6 is 0 Å². The number of piperazine rings is 1. The van der Waals surface area contributed by atoms with Crippen LogP contribution in [0.3, 0.4) is 0 Å². The first kappa shape index (κ1) is 20.9. The lowest BCUT2D eigenvalue weighted by Crippen LogP contribution is -2.49. The Hall–Kier alpha value is -3.99. The van der Waals surface area contributed by atoms with Gasteiger partial charge in [0.1, 0.15) is 0 Å². The molecule has 3 aromatic carbocycles. The molecule has 0 N–H and O–H groups in total. The van der Waals surface area contributed by atoms with E-state index >= 15 is 0 Å². The number of amides is 1. The Morgan fingerprint density at radius 2 is 1.36 bits per heavy atom. The summed E-state index contributed by atoms with van der Waals surface area (Å²) in [5.74, 6) is 0.932. The van der Waals surface area contributed by atoms with Crippen LogP contribution in [0.2, 0.25) is 0 Å². The van der Waals surface area contributed by atoms with Crippen molar-refractivity contribution in [1.82, 2.24) is 15.1 Å². The number of hydrogen-bond acceptors (Lipinski definition) is 4. The fourth-order valence-electron chi connectivity index (χ4n) is 4.25. The van der Waals surface area contributed by atoms with Crippen molar-refractivity contribution in [3.8, 4) is 22.4 Å². The van der Waals surface area contributed by atoms with Crippen molar-refractivity contribution in [2.75, 3.05) is 31.1 Å². The fraction of sp³-hybridized carbons (Fsp3) is 0.179. The van der Waals surface area contributed by atoms with Gasteiger partial charge in [-0.05, 0) is 47.9 Å². The van der Waals surface area contributed by atoms with Crippen molar-refractivity contribution in [3.63, 3.8) is 0 Å². The maximum Gasteiger partial charge on any atom is 0.253 e. The molecule has 0 saturated carbocycles. The van der Waals surface area contributed by atoms with Crippen LogP contribution in [0.4, 0.5) is 5.82 Å². The van der Waals surface area contributed by atoms with Crippen molar-refractivity contribution >= 4 is 11.7 Å². The van der Waals surface area contributed by atoms with Crippen LogP contribution in [-0.4, -0.2) is 47.2 Å². The summed E-state index contributed by atoms with van der Waals surface area (Å²) in [5.41, 5.74) is 6.16. The second-order valence-electron chi connectivity index (χ2n) is 8.31. The molecule has 0 spiro atoms. The molecule has 0 aliphatic carbocycles. The monoisotopic (exact) mass is 434 g/mol. The van der Waals surface area contributed by atoms with Crippen molar-refractivity contribution in [2.24, 2.45) is 0 Å². The Bertz CT molecular complexity index is 1230. The Kier molecular flexibility index (Phi) is 5.85. The average molecular weight is 435 g/mol. The first-order valence-corrected chi connectivity index (χ1v) is 11.3. The van der Waals surface area contributed by atoms with Gasteiger partial charge in [0.2, 0.25) is 0 Å². The molecule has 5 nitrogen and oxygen atoms in total. The Morgan fingerprint density at radius 3 is 2.03 bits per heavy atom. The third kappa shape index (κ3) is 4.48. The van der Waals surface area contributed by atoms with Gasteiger partial charge in [-0.15, -0.1) is 10.2 Å². The molecule has 0 atom stereocenters. The van der Waals surface area contributed by atoms with Crippen molar-refractivity contribution in [2.45, 2.75) is 6.92 Å². The lowest BCUT2D eigenvalue weighted by Gasteiger charge is -2.35. The van der Waals surface area contributed by atoms with Gasteiger partial charge in [0.15, 0.2) is 5.82 Å². The molecule has 4 aromatic rings. The highest BCUT2D eigenvalue weighted by Crippen LogP contribution is 2.23. The van der Waals surface area contributed by atoms with Gasteiger partial charge in [-0.2, -0.15) is 0 Å². The largest absolute Gasteiger partial charge is 0.352 e. The summed E-state index contributed by atoms with van der Waals surface area (Å²) >= 11 is 0. The highest BCUT2D eigenvalue weighted by molar-refractivity contribution is 5.95. The number of nitrogens with zero attached hydrogens (tertiary/aromatic N) is 4. The van der Waals surface area contributed by atoms with E-state index in [0.717, 1.165) is 46.9 Å². The van der Waals surface area contributed by atoms with Gasteiger partial charge in [-0.1, -0.05) is 66.7 Å². The van der Waals surface area contributed by atoms with Gasteiger partial charge in [0.05, 0.1) is 5.69 Å². The molecule has 33 heavy (non-hydrogen) atoms.